The Hall–Kier alpha value is -1.54. The van der Waals surface area contributed by atoms with Gasteiger partial charge in [0.2, 0.25) is 5.88 Å². The van der Waals surface area contributed by atoms with Gasteiger partial charge in [-0.2, -0.15) is 0 Å². The standard InChI is InChI=1S/C17H21ClN4O.HI/c1-19-17(21-11-13-8-9-20-16(10-13)23-3)22(2)12-14-6-4-5-7-15(14)18;/h4-10H,11-12H2,1-3H3,(H,19,21);1H. The predicted octanol–water partition coefficient (Wildman–Crippen LogP) is 3.57. The molecule has 7 heteroatoms. The zero-order valence-corrected chi connectivity index (χ0v) is 17.1. The summed E-state index contributed by atoms with van der Waals surface area (Å²) >= 11 is 6.21. The molecule has 130 valence electrons. The molecule has 5 nitrogen and oxygen atoms in total. The van der Waals surface area contributed by atoms with E-state index in [9.17, 15) is 0 Å². The van der Waals surface area contributed by atoms with E-state index in [1.54, 1.807) is 20.4 Å². The Bertz CT molecular complexity index is 681. The first kappa shape index (κ1) is 20.5. The van der Waals surface area contributed by atoms with Crippen molar-refractivity contribution in [3.05, 3.63) is 58.7 Å². The minimum atomic E-state index is 0. The second kappa shape index (κ2) is 10.4. The van der Waals surface area contributed by atoms with Crippen molar-refractivity contribution < 1.29 is 4.74 Å². The Morgan fingerprint density at radius 1 is 1.33 bits per heavy atom. The van der Waals surface area contributed by atoms with Crippen LogP contribution in [0.1, 0.15) is 11.1 Å². The summed E-state index contributed by atoms with van der Waals surface area (Å²) in [6.45, 7) is 1.32. The molecule has 1 heterocycles. The second-order valence-corrected chi connectivity index (χ2v) is 5.46. The van der Waals surface area contributed by atoms with Crippen molar-refractivity contribution in [2.75, 3.05) is 21.2 Å². The molecule has 0 amide bonds. The Kier molecular flexibility index (Phi) is 8.84. The molecule has 0 aliphatic carbocycles. The molecule has 0 fully saturated rings. The minimum Gasteiger partial charge on any atom is -0.481 e. The highest BCUT2D eigenvalue weighted by Gasteiger charge is 2.09. The van der Waals surface area contributed by atoms with Crippen LogP contribution < -0.4 is 10.1 Å². The number of ether oxygens (including phenoxy) is 1. The summed E-state index contributed by atoms with van der Waals surface area (Å²) in [6.07, 6.45) is 1.73. The Labute approximate surface area is 165 Å². The van der Waals surface area contributed by atoms with E-state index in [4.69, 9.17) is 16.3 Å². The number of rotatable bonds is 5. The maximum absolute atomic E-state index is 6.21. The number of benzene rings is 1. The summed E-state index contributed by atoms with van der Waals surface area (Å²) in [4.78, 5) is 10.4. The van der Waals surface area contributed by atoms with Gasteiger partial charge in [-0.1, -0.05) is 29.8 Å². The number of aliphatic imine (C=N–C) groups is 1. The van der Waals surface area contributed by atoms with Gasteiger partial charge in [0.25, 0.3) is 0 Å². The zero-order valence-electron chi connectivity index (χ0n) is 14.0. The molecule has 1 aromatic carbocycles. The number of methoxy groups -OCH3 is 1. The van der Waals surface area contributed by atoms with Crippen LogP contribution in [0.25, 0.3) is 0 Å². The molecule has 0 saturated heterocycles. The van der Waals surface area contributed by atoms with Crippen molar-refractivity contribution in [2.45, 2.75) is 13.1 Å². The monoisotopic (exact) mass is 460 g/mol. The van der Waals surface area contributed by atoms with E-state index < -0.39 is 0 Å². The highest BCUT2D eigenvalue weighted by molar-refractivity contribution is 14.0. The maximum atomic E-state index is 6.21. The average molecular weight is 461 g/mol. The van der Waals surface area contributed by atoms with Gasteiger partial charge in [-0.15, -0.1) is 24.0 Å². The van der Waals surface area contributed by atoms with Crippen LogP contribution in [-0.4, -0.2) is 37.0 Å². The lowest BCUT2D eigenvalue weighted by Crippen LogP contribution is -2.38. The lowest BCUT2D eigenvalue weighted by Gasteiger charge is -2.22. The fraction of sp³-hybridized carbons (Fsp3) is 0.294. The summed E-state index contributed by atoms with van der Waals surface area (Å²) in [5.41, 5.74) is 2.13. The largest absolute Gasteiger partial charge is 0.481 e. The van der Waals surface area contributed by atoms with Crippen molar-refractivity contribution in [1.82, 2.24) is 15.2 Å². The fourth-order valence-corrected chi connectivity index (χ4v) is 2.39. The van der Waals surface area contributed by atoms with Gasteiger partial charge >= 0.3 is 0 Å². The van der Waals surface area contributed by atoms with E-state index in [1.807, 2.05) is 48.3 Å². The molecule has 0 aliphatic rings. The summed E-state index contributed by atoms with van der Waals surface area (Å²) in [6, 6.07) is 11.7. The minimum absolute atomic E-state index is 0. The highest BCUT2D eigenvalue weighted by atomic mass is 127. The first-order valence-electron chi connectivity index (χ1n) is 7.28. The molecule has 1 aromatic heterocycles. The van der Waals surface area contributed by atoms with Gasteiger partial charge in [-0.05, 0) is 23.3 Å². The molecule has 2 aromatic rings. The van der Waals surface area contributed by atoms with E-state index in [1.165, 1.54) is 0 Å². The van der Waals surface area contributed by atoms with Crippen molar-refractivity contribution in [2.24, 2.45) is 4.99 Å². The molecule has 24 heavy (non-hydrogen) atoms. The number of hydrogen-bond donors (Lipinski definition) is 1. The van der Waals surface area contributed by atoms with Crippen LogP contribution in [0.2, 0.25) is 5.02 Å². The van der Waals surface area contributed by atoms with Gasteiger partial charge < -0.3 is 15.0 Å². The van der Waals surface area contributed by atoms with Gasteiger partial charge in [0.1, 0.15) is 0 Å². The number of hydrogen-bond acceptors (Lipinski definition) is 3. The van der Waals surface area contributed by atoms with Gasteiger partial charge in [-0.3, -0.25) is 4.99 Å². The average Bonchev–Trinajstić information content (AvgIpc) is 2.57. The molecule has 0 aliphatic heterocycles. The molecule has 0 spiro atoms. The Morgan fingerprint density at radius 3 is 2.75 bits per heavy atom. The molecule has 0 bridgehead atoms. The van der Waals surface area contributed by atoms with E-state index >= 15 is 0 Å². The number of pyridine rings is 1. The van der Waals surface area contributed by atoms with E-state index in [2.05, 4.69) is 15.3 Å². The van der Waals surface area contributed by atoms with Gasteiger partial charge in [0, 0.05) is 44.5 Å². The van der Waals surface area contributed by atoms with Crippen molar-refractivity contribution >= 4 is 41.5 Å². The lowest BCUT2D eigenvalue weighted by molar-refractivity contribution is 0.397. The number of aromatic nitrogens is 1. The van der Waals surface area contributed by atoms with Crippen LogP contribution in [0, 0.1) is 0 Å². The molecular formula is C17H22ClIN4O. The van der Waals surface area contributed by atoms with Crippen LogP contribution in [0.3, 0.4) is 0 Å². The van der Waals surface area contributed by atoms with Crippen molar-refractivity contribution in [3.63, 3.8) is 0 Å². The van der Waals surface area contributed by atoms with Gasteiger partial charge in [-0.25, -0.2) is 4.98 Å². The van der Waals surface area contributed by atoms with Crippen LogP contribution in [0.4, 0.5) is 0 Å². The third-order valence-corrected chi connectivity index (χ3v) is 3.77. The van der Waals surface area contributed by atoms with Crippen molar-refractivity contribution in [3.8, 4) is 5.88 Å². The molecule has 0 unspecified atom stereocenters. The SMILES string of the molecule is CN=C(NCc1ccnc(OC)c1)N(C)Cc1ccccc1Cl.I. The fourth-order valence-electron chi connectivity index (χ4n) is 2.19. The summed E-state index contributed by atoms with van der Waals surface area (Å²) in [5.74, 6) is 1.39. The van der Waals surface area contributed by atoms with Crippen LogP contribution in [-0.2, 0) is 13.1 Å². The Balaban J connectivity index is 0.00000288. The normalized spacial score (nSPS) is 10.8. The summed E-state index contributed by atoms with van der Waals surface area (Å²) in [5, 5.41) is 4.08. The third-order valence-electron chi connectivity index (χ3n) is 3.40. The predicted molar refractivity (Wildman–Crippen MR) is 109 cm³/mol. The Morgan fingerprint density at radius 2 is 2.08 bits per heavy atom. The zero-order chi connectivity index (χ0) is 16.7. The lowest BCUT2D eigenvalue weighted by atomic mass is 10.2. The summed E-state index contributed by atoms with van der Waals surface area (Å²) in [7, 11) is 5.35. The first-order valence-corrected chi connectivity index (χ1v) is 7.66. The number of halogens is 2. The molecule has 0 saturated carbocycles. The second-order valence-electron chi connectivity index (χ2n) is 5.05. The molecule has 0 atom stereocenters. The number of nitrogens with one attached hydrogen (secondary N) is 1. The van der Waals surface area contributed by atoms with E-state index in [0.717, 1.165) is 22.1 Å². The third kappa shape index (κ3) is 5.83. The molecule has 0 radical (unpaired) electrons. The highest BCUT2D eigenvalue weighted by Crippen LogP contribution is 2.16. The van der Waals surface area contributed by atoms with Crippen LogP contribution >= 0.6 is 35.6 Å². The topological polar surface area (TPSA) is 49.8 Å². The number of nitrogens with zero attached hydrogens (tertiary/aromatic N) is 3. The van der Waals surface area contributed by atoms with Crippen LogP contribution in [0.5, 0.6) is 5.88 Å². The van der Waals surface area contributed by atoms with E-state index in [-0.39, 0.29) is 24.0 Å². The van der Waals surface area contributed by atoms with Gasteiger partial charge in [0.05, 0.1) is 7.11 Å². The van der Waals surface area contributed by atoms with Gasteiger partial charge in [0.15, 0.2) is 5.96 Å². The summed E-state index contributed by atoms with van der Waals surface area (Å²) < 4.78 is 5.13. The molecule has 1 N–H and O–H groups in total. The van der Waals surface area contributed by atoms with Crippen LogP contribution in [0.15, 0.2) is 47.6 Å². The van der Waals surface area contributed by atoms with E-state index in [0.29, 0.717) is 19.0 Å². The molecule has 2 rings (SSSR count). The maximum Gasteiger partial charge on any atom is 0.213 e. The number of guanidine groups is 1. The smallest absolute Gasteiger partial charge is 0.213 e. The first-order chi connectivity index (χ1) is 11.1. The molecular weight excluding hydrogens is 439 g/mol. The van der Waals surface area contributed by atoms with Crippen molar-refractivity contribution in [1.29, 1.82) is 0 Å². The quantitative estimate of drug-likeness (QED) is 0.421.